The Kier molecular flexibility index (Phi) is 9.07. The van der Waals surface area contributed by atoms with Gasteiger partial charge < -0.3 is 0 Å². The van der Waals surface area contributed by atoms with Crippen LogP contribution in [0.4, 0.5) is 0 Å². The van der Waals surface area contributed by atoms with Crippen LogP contribution in [0.1, 0.15) is 68.7 Å². The van der Waals surface area contributed by atoms with Crippen LogP contribution in [0.3, 0.4) is 0 Å². The minimum atomic E-state index is -1.16. The summed E-state index contributed by atoms with van der Waals surface area (Å²) in [5.74, 6) is 1.53. The third-order valence-corrected chi connectivity index (χ3v) is 13.9. The summed E-state index contributed by atoms with van der Waals surface area (Å²) in [5.41, 5.74) is 0.426. The molecule has 0 rings (SSSR count). The quantitative estimate of drug-likeness (QED) is 0.205. The van der Waals surface area contributed by atoms with Gasteiger partial charge >= 0.3 is 157 Å². The second-order valence-corrected chi connectivity index (χ2v) is 17.5. The fourth-order valence-corrected chi connectivity index (χ4v) is 9.37. The Bertz CT molecular complexity index is 307. The van der Waals surface area contributed by atoms with Crippen molar-refractivity contribution in [3.63, 3.8) is 0 Å². The third kappa shape index (κ3) is 7.23. The number of nitrogens with zero attached hydrogens (tertiary/aromatic N) is 1. The summed E-state index contributed by atoms with van der Waals surface area (Å²) in [4.78, 5) is 2.57. The molecular formula is C18H39I2N. The van der Waals surface area contributed by atoms with Gasteiger partial charge in [-0.25, -0.2) is 0 Å². The van der Waals surface area contributed by atoms with E-state index in [-0.39, 0.29) is 0 Å². The van der Waals surface area contributed by atoms with Crippen LogP contribution < -0.4 is 0 Å². The van der Waals surface area contributed by atoms with E-state index in [0.717, 1.165) is 15.8 Å². The van der Waals surface area contributed by atoms with E-state index in [2.05, 4.69) is 100.0 Å². The predicted molar refractivity (Wildman–Crippen MR) is 117 cm³/mol. The Morgan fingerprint density at radius 3 is 1.71 bits per heavy atom. The van der Waals surface area contributed by atoms with E-state index in [9.17, 15) is 0 Å². The van der Waals surface area contributed by atoms with Gasteiger partial charge in [-0.2, -0.15) is 0 Å². The zero-order valence-corrected chi connectivity index (χ0v) is 20.5. The summed E-state index contributed by atoms with van der Waals surface area (Å²) >= 11 is 1.43. The standard InChI is InChI=1S/C18H39I2N/c1-13(15(3)19)14(2)16(4)21(11)20(10)18(8,9)12-17(5,6)7/h13-16H,12H2,1-11H3. The SMILES string of the molecule is CC(I)C(C)C(C)C(C)N(C)I(C)C(C)(C)CC(C)(C)C. The molecular weight excluding hydrogens is 484 g/mol. The Labute approximate surface area is 156 Å². The Balaban J connectivity index is 4.94. The Hall–Kier alpha value is 1.42. The molecule has 130 valence electrons. The fourth-order valence-electron chi connectivity index (χ4n) is 3.13. The van der Waals surface area contributed by atoms with Gasteiger partial charge in [-0.1, -0.05) is 0 Å². The minimum absolute atomic E-state index is 0.426. The number of alkyl halides is 3. The molecule has 0 aromatic rings. The van der Waals surface area contributed by atoms with Gasteiger partial charge in [0.1, 0.15) is 0 Å². The maximum absolute atomic E-state index is 2.77. The molecule has 0 radical (unpaired) electrons. The summed E-state index contributed by atoms with van der Waals surface area (Å²) < 4.78 is 4.01. The molecule has 3 heteroatoms. The van der Waals surface area contributed by atoms with Crippen molar-refractivity contribution in [3.8, 4) is 0 Å². The van der Waals surface area contributed by atoms with Gasteiger partial charge in [-0.3, -0.25) is 0 Å². The van der Waals surface area contributed by atoms with Crippen molar-refractivity contribution in [2.24, 2.45) is 17.3 Å². The molecule has 0 fully saturated rings. The molecule has 0 amide bonds. The van der Waals surface area contributed by atoms with Crippen molar-refractivity contribution in [1.82, 2.24) is 3.11 Å². The molecule has 0 saturated carbocycles. The summed E-state index contributed by atoms with van der Waals surface area (Å²) in [5, 5.41) is 0. The van der Waals surface area contributed by atoms with Crippen molar-refractivity contribution < 1.29 is 0 Å². The average Bonchev–Trinajstić information content (AvgIpc) is 2.31. The van der Waals surface area contributed by atoms with Gasteiger partial charge in [-0.15, -0.1) is 0 Å². The zero-order chi connectivity index (χ0) is 17.2. The molecule has 0 aromatic carbocycles. The maximum atomic E-state index is 2.77. The van der Waals surface area contributed by atoms with Crippen LogP contribution in [0.5, 0.6) is 0 Å². The Morgan fingerprint density at radius 2 is 1.38 bits per heavy atom. The van der Waals surface area contributed by atoms with E-state index in [1.165, 1.54) is 6.42 Å². The third-order valence-electron chi connectivity index (χ3n) is 4.97. The van der Waals surface area contributed by atoms with Gasteiger partial charge in [0.2, 0.25) is 0 Å². The van der Waals surface area contributed by atoms with Gasteiger partial charge in [-0.05, 0) is 0 Å². The second-order valence-electron chi connectivity index (χ2n) is 8.56. The molecule has 0 heterocycles. The van der Waals surface area contributed by atoms with E-state index >= 15 is 0 Å². The molecule has 4 unspecified atom stereocenters. The second kappa shape index (κ2) is 8.50. The van der Waals surface area contributed by atoms with Gasteiger partial charge in [0.25, 0.3) is 0 Å². The molecule has 0 aromatic heterocycles. The van der Waals surface area contributed by atoms with Crippen LogP contribution in [0.15, 0.2) is 0 Å². The molecule has 0 spiro atoms. The first kappa shape index (κ1) is 22.4. The number of rotatable bonds is 7. The summed E-state index contributed by atoms with van der Waals surface area (Å²) in [6, 6.07) is 0.687. The summed E-state index contributed by atoms with van der Waals surface area (Å²) in [6.45, 7) is 21.8. The van der Waals surface area contributed by atoms with E-state index in [1.54, 1.807) is 0 Å². The van der Waals surface area contributed by atoms with Gasteiger partial charge in [0.05, 0.1) is 0 Å². The zero-order valence-electron chi connectivity index (χ0n) is 16.2. The first-order valence-electron chi connectivity index (χ1n) is 8.18. The summed E-state index contributed by atoms with van der Waals surface area (Å²) in [7, 11) is 2.39. The Morgan fingerprint density at radius 1 is 0.952 bits per heavy atom. The molecule has 0 saturated heterocycles. The molecule has 21 heavy (non-hydrogen) atoms. The van der Waals surface area contributed by atoms with Crippen molar-refractivity contribution >= 4 is 42.7 Å². The van der Waals surface area contributed by atoms with Gasteiger partial charge in [0.15, 0.2) is 0 Å². The van der Waals surface area contributed by atoms with Crippen LogP contribution >= 0.6 is 42.7 Å². The number of hydrogen-bond acceptors (Lipinski definition) is 1. The average molecular weight is 523 g/mol. The topological polar surface area (TPSA) is 3.24 Å². The van der Waals surface area contributed by atoms with Crippen LogP contribution in [0.25, 0.3) is 0 Å². The van der Waals surface area contributed by atoms with Crippen LogP contribution in [0.2, 0.25) is 0 Å². The van der Waals surface area contributed by atoms with Crippen molar-refractivity contribution in [2.45, 2.75) is 82.1 Å². The molecule has 0 aliphatic carbocycles. The first-order valence-corrected chi connectivity index (χ1v) is 13.6. The number of hydrogen-bond donors (Lipinski definition) is 0. The van der Waals surface area contributed by atoms with Crippen LogP contribution in [-0.2, 0) is 0 Å². The molecule has 0 aliphatic heterocycles. The normalized spacial score (nSPS) is 20.1. The van der Waals surface area contributed by atoms with Crippen LogP contribution in [-0.4, -0.2) is 28.5 Å². The molecule has 1 nitrogen and oxygen atoms in total. The molecule has 0 bridgehead atoms. The predicted octanol–water partition coefficient (Wildman–Crippen LogP) is 6.67. The fraction of sp³-hybridized carbons (Fsp3) is 1.00. The summed E-state index contributed by atoms with van der Waals surface area (Å²) in [6.07, 6.45) is 1.32. The van der Waals surface area contributed by atoms with Gasteiger partial charge in [0, 0.05) is 0 Å². The van der Waals surface area contributed by atoms with Crippen molar-refractivity contribution in [1.29, 1.82) is 0 Å². The van der Waals surface area contributed by atoms with E-state index in [1.807, 2.05) is 0 Å². The monoisotopic (exact) mass is 523 g/mol. The molecule has 0 aliphatic rings. The van der Waals surface area contributed by atoms with Crippen LogP contribution in [0, 0.1) is 17.3 Å². The molecule has 0 N–H and O–H groups in total. The number of halogens is 2. The first-order chi connectivity index (χ1) is 9.20. The molecule has 4 atom stereocenters. The van der Waals surface area contributed by atoms with Crippen molar-refractivity contribution in [3.05, 3.63) is 0 Å². The van der Waals surface area contributed by atoms with E-state index in [0.29, 0.717) is 14.9 Å². The van der Waals surface area contributed by atoms with E-state index in [4.69, 9.17) is 0 Å². The van der Waals surface area contributed by atoms with Crippen molar-refractivity contribution in [2.75, 3.05) is 12.0 Å². The van der Waals surface area contributed by atoms with E-state index < -0.39 is 20.1 Å².